The molecule has 6 heteroatoms. The molecule has 0 spiro atoms. The molecule has 2 aliphatic heterocycles. The lowest BCUT2D eigenvalue weighted by Gasteiger charge is -2.55. The molecule has 2 fully saturated rings. The second-order valence-corrected chi connectivity index (χ2v) is 8.44. The second-order valence-electron chi connectivity index (χ2n) is 8.44. The molecule has 2 aromatic carbocycles. The molecule has 4 rings (SSSR count). The third kappa shape index (κ3) is 3.77. The third-order valence-electron chi connectivity index (χ3n) is 5.97. The van der Waals surface area contributed by atoms with Crippen molar-refractivity contribution in [2.45, 2.75) is 25.4 Å². The maximum Gasteiger partial charge on any atom is 0.256 e. The van der Waals surface area contributed by atoms with Crippen LogP contribution in [0.25, 0.3) is 0 Å². The first-order valence-corrected chi connectivity index (χ1v) is 10.0. The first kappa shape index (κ1) is 19.6. The van der Waals surface area contributed by atoms with Gasteiger partial charge in [-0.2, -0.15) is 0 Å². The van der Waals surface area contributed by atoms with Gasteiger partial charge in [-0.3, -0.25) is 14.5 Å². The molecule has 0 N–H and O–H groups in total. The highest BCUT2D eigenvalue weighted by atomic mass is 19.1. The number of fused-ring (bicyclic) bond motifs is 1. The van der Waals surface area contributed by atoms with Crippen molar-refractivity contribution in [2.75, 3.05) is 32.7 Å². The SMILES string of the molecule is CC1(C)CN(C(=O)c2ccccc2)CC2CN(C(=O)c3ccccc3F)CCN21. The van der Waals surface area contributed by atoms with E-state index < -0.39 is 5.82 Å². The van der Waals surface area contributed by atoms with E-state index in [0.717, 1.165) is 0 Å². The number of nitrogens with zero attached hydrogens (tertiary/aromatic N) is 3. The van der Waals surface area contributed by atoms with Crippen molar-refractivity contribution < 1.29 is 14.0 Å². The molecule has 2 aromatic rings. The normalized spacial score (nSPS) is 21.6. The van der Waals surface area contributed by atoms with Gasteiger partial charge < -0.3 is 9.80 Å². The van der Waals surface area contributed by atoms with E-state index in [-0.39, 0.29) is 29.0 Å². The highest BCUT2D eigenvalue weighted by Gasteiger charge is 2.44. The van der Waals surface area contributed by atoms with Crippen LogP contribution in [0.4, 0.5) is 4.39 Å². The van der Waals surface area contributed by atoms with E-state index in [9.17, 15) is 14.0 Å². The second kappa shape index (κ2) is 7.59. The zero-order valence-corrected chi connectivity index (χ0v) is 16.8. The molecule has 0 radical (unpaired) electrons. The Hall–Kier alpha value is -2.73. The van der Waals surface area contributed by atoms with E-state index in [1.807, 2.05) is 35.2 Å². The Labute approximate surface area is 170 Å². The van der Waals surface area contributed by atoms with Gasteiger partial charge >= 0.3 is 0 Å². The number of hydrogen-bond donors (Lipinski definition) is 0. The van der Waals surface area contributed by atoms with Crippen LogP contribution in [0.15, 0.2) is 54.6 Å². The van der Waals surface area contributed by atoms with Crippen LogP contribution in [-0.2, 0) is 0 Å². The standard InChI is InChI=1S/C23H26FN3O2/c1-23(2)16-26(21(28)17-8-4-3-5-9-17)15-18-14-25(12-13-27(18)23)22(29)19-10-6-7-11-20(19)24/h3-11,18H,12-16H2,1-2H3. The van der Waals surface area contributed by atoms with Gasteiger partial charge in [0.05, 0.1) is 5.56 Å². The number of amides is 2. The highest BCUT2D eigenvalue weighted by molar-refractivity contribution is 5.95. The molecule has 0 bridgehead atoms. The van der Waals surface area contributed by atoms with Crippen LogP contribution in [0.2, 0.25) is 0 Å². The van der Waals surface area contributed by atoms with Crippen molar-refractivity contribution in [3.05, 3.63) is 71.5 Å². The molecule has 0 aliphatic carbocycles. The predicted octanol–water partition coefficient (Wildman–Crippen LogP) is 2.89. The number of rotatable bonds is 2. The molecule has 1 unspecified atom stereocenters. The molecule has 1 atom stereocenters. The predicted molar refractivity (Wildman–Crippen MR) is 109 cm³/mol. The van der Waals surface area contributed by atoms with E-state index in [2.05, 4.69) is 18.7 Å². The highest BCUT2D eigenvalue weighted by Crippen LogP contribution is 2.29. The summed E-state index contributed by atoms with van der Waals surface area (Å²) in [6, 6.07) is 15.4. The van der Waals surface area contributed by atoms with Crippen molar-refractivity contribution in [3.8, 4) is 0 Å². The summed E-state index contributed by atoms with van der Waals surface area (Å²) in [5.74, 6) is -0.771. The maximum absolute atomic E-state index is 14.1. The largest absolute Gasteiger partial charge is 0.336 e. The molecular formula is C23H26FN3O2. The molecule has 29 heavy (non-hydrogen) atoms. The fourth-order valence-corrected chi connectivity index (χ4v) is 4.59. The van der Waals surface area contributed by atoms with Crippen molar-refractivity contribution in [1.29, 1.82) is 0 Å². The van der Waals surface area contributed by atoms with Crippen molar-refractivity contribution in [2.24, 2.45) is 0 Å². The zero-order valence-electron chi connectivity index (χ0n) is 16.8. The molecule has 0 aromatic heterocycles. The van der Waals surface area contributed by atoms with Gasteiger partial charge in [0.25, 0.3) is 11.8 Å². The van der Waals surface area contributed by atoms with Gasteiger partial charge in [0.2, 0.25) is 0 Å². The maximum atomic E-state index is 14.1. The lowest BCUT2D eigenvalue weighted by Crippen LogP contribution is -2.70. The number of carbonyl (C=O) groups is 2. The summed E-state index contributed by atoms with van der Waals surface area (Å²) in [6.07, 6.45) is 0. The Bertz CT molecular complexity index is 915. The molecule has 2 saturated heterocycles. The van der Waals surface area contributed by atoms with Gasteiger partial charge in [-0.15, -0.1) is 0 Å². The fraction of sp³-hybridized carbons (Fsp3) is 0.391. The number of carbonyl (C=O) groups excluding carboxylic acids is 2. The average Bonchev–Trinajstić information content (AvgIpc) is 2.72. The smallest absolute Gasteiger partial charge is 0.256 e. The van der Waals surface area contributed by atoms with Gasteiger partial charge in [0.1, 0.15) is 5.82 Å². The monoisotopic (exact) mass is 395 g/mol. The zero-order chi connectivity index (χ0) is 20.6. The van der Waals surface area contributed by atoms with Crippen molar-refractivity contribution in [1.82, 2.24) is 14.7 Å². The first-order chi connectivity index (χ1) is 13.9. The molecule has 0 saturated carbocycles. The van der Waals surface area contributed by atoms with Gasteiger partial charge in [0.15, 0.2) is 0 Å². The van der Waals surface area contributed by atoms with Crippen molar-refractivity contribution >= 4 is 11.8 Å². The Balaban J connectivity index is 1.53. The van der Waals surface area contributed by atoms with Gasteiger partial charge in [-0.1, -0.05) is 30.3 Å². The van der Waals surface area contributed by atoms with E-state index in [1.54, 1.807) is 17.0 Å². The lowest BCUT2D eigenvalue weighted by molar-refractivity contribution is -0.0507. The Morgan fingerprint density at radius 2 is 1.55 bits per heavy atom. The summed E-state index contributed by atoms with van der Waals surface area (Å²) in [5.41, 5.74) is 0.584. The number of benzene rings is 2. The van der Waals surface area contributed by atoms with E-state index in [1.165, 1.54) is 12.1 Å². The minimum atomic E-state index is -0.496. The molecule has 2 amide bonds. The number of halogens is 1. The van der Waals surface area contributed by atoms with Gasteiger partial charge in [-0.05, 0) is 38.1 Å². The summed E-state index contributed by atoms with van der Waals surface area (Å²) in [5, 5.41) is 0. The minimum absolute atomic E-state index is 0.0101. The van der Waals surface area contributed by atoms with Crippen LogP contribution in [0.5, 0.6) is 0 Å². The summed E-state index contributed by atoms with van der Waals surface area (Å²) >= 11 is 0. The van der Waals surface area contributed by atoms with Crippen LogP contribution in [0.1, 0.15) is 34.6 Å². The molecule has 2 aliphatic rings. The van der Waals surface area contributed by atoms with Gasteiger partial charge in [0, 0.05) is 49.9 Å². The summed E-state index contributed by atoms with van der Waals surface area (Å²) < 4.78 is 14.1. The van der Waals surface area contributed by atoms with Crippen LogP contribution in [0.3, 0.4) is 0 Å². The first-order valence-electron chi connectivity index (χ1n) is 10.0. The average molecular weight is 395 g/mol. The fourth-order valence-electron chi connectivity index (χ4n) is 4.59. The molecule has 2 heterocycles. The number of piperazine rings is 2. The topological polar surface area (TPSA) is 43.9 Å². The minimum Gasteiger partial charge on any atom is -0.336 e. The van der Waals surface area contributed by atoms with Gasteiger partial charge in [-0.25, -0.2) is 4.39 Å². The third-order valence-corrected chi connectivity index (χ3v) is 5.97. The van der Waals surface area contributed by atoms with Crippen LogP contribution >= 0.6 is 0 Å². The van der Waals surface area contributed by atoms with Crippen LogP contribution in [-0.4, -0.2) is 70.8 Å². The van der Waals surface area contributed by atoms with Crippen LogP contribution < -0.4 is 0 Å². The summed E-state index contributed by atoms with van der Waals surface area (Å²) in [4.78, 5) is 31.9. The molecule has 5 nitrogen and oxygen atoms in total. The Morgan fingerprint density at radius 3 is 2.28 bits per heavy atom. The lowest BCUT2D eigenvalue weighted by atomic mass is 9.92. The quantitative estimate of drug-likeness (QED) is 0.785. The van der Waals surface area contributed by atoms with E-state index >= 15 is 0 Å². The number of hydrogen-bond acceptors (Lipinski definition) is 3. The summed E-state index contributed by atoms with van der Waals surface area (Å²) in [7, 11) is 0. The van der Waals surface area contributed by atoms with Crippen molar-refractivity contribution in [3.63, 3.8) is 0 Å². The van der Waals surface area contributed by atoms with E-state index in [0.29, 0.717) is 38.3 Å². The Morgan fingerprint density at radius 1 is 0.897 bits per heavy atom. The summed E-state index contributed by atoms with van der Waals surface area (Å²) in [6.45, 7) is 7.22. The molecule has 152 valence electrons. The Kier molecular flexibility index (Phi) is 5.13. The van der Waals surface area contributed by atoms with E-state index in [4.69, 9.17) is 0 Å². The molecular weight excluding hydrogens is 369 g/mol. The van der Waals surface area contributed by atoms with Crippen LogP contribution in [0, 0.1) is 5.82 Å².